The molecule has 1 unspecified atom stereocenters. The summed E-state index contributed by atoms with van der Waals surface area (Å²) in [6.45, 7) is 2.66. The van der Waals surface area contributed by atoms with Crippen molar-refractivity contribution in [2.24, 2.45) is 0 Å². The third-order valence-electron chi connectivity index (χ3n) is 2.60. The van der Waals surface area contributed by atoms with Crippen molar-refractivity contribution in [2.45, 2.75) is 31.7 Å². The minimum absolute atomic E-state index is 0.0581. The summed E-state index contributed by atoms with van der Waals surface area (Å²) in [4.78, 5) is 11.5. The second-order valence-electron chi connectivity index (χ2n) is 4.09. The van der Waals surface area contributed by atoms with Gasteiger partial charge in [-0.1, -0.05) is 43.7 Å². The third-order valence-corrected chi connectivity index (χ3v) is 3.68. The lowest BCUT2D eigenvalue weighted by molar-refractivity contribution is -0.143. The van der Waals surface area contributed by atoms with Crippen molar-refractivity contribution < 1.29 is 9.53 Å². The van der Waals surface area contributed by atoms with E-state index in [1.807, 2.05) is 18.2 Å². The zero-order valence-corrected chi connectivity index (χ0v) is 12.1. The Kier molecular flexibility index (Phi) is 5.86. The van der Waals surface area contributed by atoms with Gasteiger partial charge in [0.1, 0.15) is 0 Å². The van der Waals surface area contributed by atoms with Gasteiger partial charge in [0.25, 0.3) is 0 Å². The molecular formula is C13H20O2Si. The van der Waals surface area contributed by atoms with Crippen LogP contribution < -0.4 is 0 Å². The molecule has 0 saturated heterocycles. The van der Waals surface area contributed by atoms with Gasteiger partial charge in [0.05, 0.1) is 6.61 Å². The van der Waals surface area contributed by atoms with Gasteiger partial charge in [0, 0.05) is 16.7 Å². The smallest absolute Gasteiger partial charge is 0.306 e. The zero-order valence-electron chi connectivity index (χ0n) is 10.1. The molecule has 1 atom stereocenters. The highest BCUT2D eigenvalue weighted by Gasteiger charge is 2.11. The summed E-state index contributed by atoms with van der Waals surface area (Å²) in [6, 6.07) is 10.2. The molecule has 0 N–H and O–H groups in total. The molecule has 0 aromatic heterocycles. The number of carbonyl (C=O) groups is 1. The van der Waals surface area contributed by atoms with Gasteiger partial charge >= 0.3 is 5.97 Å². The van der Waals surface area contributed by atoms with Gasteiger partial charge < -0.3 is 4.74 Å². The number of unbranched alkanes of at least 4 members (excludes halogenated alkanes) is 1. The summed E-state index contributed by atoms with van der Waals surface area (Å²) in [5, 5.41) is 0. The summed E-state index contributed by atoms with van der Waals surface area (Å²) in [5.74, 6) is -0.0581. The standard InChI is InChI=1S/C13H20O2Si/c1-2-3-9-15-13(14)10-12(16)11-7-5-4-6-8-11/h4-8,12H,2-3,9-10H2,1,16H3. The van der Waals surface area contributed by atoms with Gasteiger partial charge in [-0.3, -0.25) is 4.79 Å². The Morgan fingerprint density at radius 2 is 2.06 bits per heavy atom. The molecule has 1 aromatic rings. The minimum atomic E-state index is -0.0581. The van der Waals surface area contributed by atoms with Crippen LogP contribution >= 0.6 is 0 Å². The highest BCUT2D eigenvalue weighted by molar-refractivity contribution is 6.13. The predicted octanol–water partition coefficient (Wildman–Crippen LogP) is 1.83. The molecule has 16 heavy (non-hydrogen) atoms. The molecule has 3 heteroatoms. The largest absolute Gasteiger partial charge is 0.466 e. The van der Waals surface area contributed by atoms with Gasteiger partial charge in [-0.15, -0.1) is 0 Å². The van der Waals surface area contributed by atoms with Gasteiger partial charge in [-0.2, -0.15) is 0 Å². The van der Waals surface area contributed by atoms with Crippen molar-refractivity contribution in [3.63, 3.8) is 0 Å². The van der Waals surface area contributed by atoms with E-state index in [1.54, 1.807) is 0 Å². The van der Waals surface area contributed by atoms with Gasteiger partial charge in [0.2, 0.25) is 0 Å². The Hall–Kier alpha value is -1.09. The monoisotopic (exact) mass is 236 g/mol. The van der Waals surface area contributed by atoms with Crippen LogP contribution in [0, 0.1) is 0 Å². The lowest BCUT2D eigenvalue weighted by Gasteiger charge is -2.11. The number of benzene rings is 1. The third kappa shape index (κ3) is 4.62. The second kappa shape index (κ2) is 7.22. The van der Waals surface area contributed by atoms with Gasteiger partial charge in [-0.25, -0.2) is 0 Å². The van der Waals surface area contributed by atoms with Crippen molar-refractivity contribution in [1.82, 2.24) is 0 Å². The highest BCUT2D eigenvalue weighted by Crippen LogP contribution is 2.15. The van der Waals surface area contributed by atoms with Crippen LogP contribution in [0.25, 0.3) is 0 Å². The zero-order chi connectivity index (χ0) is 11.8. The normalized spacial score (nSPS) is 12.3. The first-order valence-electron chi connectivity index (χ1n) is 5.94. The molecule has 0 saturated carbocycles. The van der Waals surface area contributed by atoms with Crippen LogP contribution in [-0.2, 0) is 9.53 Å². The van der Waals surface area contributed by atoms with Crippen molar-refractivity contribution in [2.75, 3.05) is 6.61 Å². The summed E-state index contributed by atoms with van der Waals surface area (Å²) in [7, 11) is 0.983. The van der Waals surface area contributed by atoms with Crippen molar-refractivity contribution >= 4 is 16.2 Å². The lowest BCUT2D eigenvalue weighted by Crippen LogP contribution is -2.11. The maximum atomic E-state index is 11.5. The minimum Gasteiger partial charge on any atom is -0.466 e. The second-order valence-corrected chi connectivity index (χ2v) is 5.48. The van der Waals surface area contributed by atoms with E-state index in [0.29, 0.717) is 18.6 Å². The van der Waals surface area contributed by atoms with E-state index in [0.717, 1.165) is 23.1 Å². The summed E-state index contributed by atoms with van der Waals surface area (Å²) in [6.07, 6.45) is 2.55. The molecule has 1 aromatic carbocycles. The predicted molar refractivity (Wildman–Crippen MR) is 69.6 cm³/mol. The molecule has 0 heterocycles. The molecule has 0 aliphatic carbocycles. The number of esters is 1. The highest BCUT2D eigenvalue weighted by atomic mass is 28.1. The molecule has 88 valence electrons. The Bertz CT molecular complexity index is 311. The average molecular weight is 236 g/mol. The van der Waals surface area contributed by atoms with Crippen molar-refractivity contribution in [3.05, 3.63) is 35.9 Å². The van der Waals surface area contributed by atoms with Crippen LogP contribution in [0.15, 0.2) is 30.3 Å². The van der Waals surface area contributed by atoms with E-state index >= 15 is 0 Å². The van der Waals surface area contributed by atoms with Gasteiger partial charge in [-0.05, 0) is 17.5 Å². The van der Waals surface area contributed by atoms with E-state index in [2.05, 4.69) is 19.1 Å². The van der Waals surface area contributed by atoms with Crippen molar-refractivity contribution in [3.8, 4) is 0 Å². The first-order chi connectivity index (χ1) is 7.74. The molecule has 2 nitrogen and oxygen atoms in total. The number of carbonyl (C=O) groups excluding carboxylic acids is 1. The lowest BCUT2D eigenvalue weighted by atomic mass is 10.1. The Balaban J connectivity index is 2.34. The van der Waals surface area contributed by atoms with Crippen LogP contribution in [0.2, 0.25) is 0 Å². The van der Waals surface area contributed by atoms with E-state index < -0.39 is 0 Å². The summed E-state index contributed by atoms with van der Waals surface area (Å²) < 4.78 is 5.16. The molecule has 0 bridgehead atoms. The van der Waals surface area contributed by atoms with Crippen LogP contribution in [0.1, 0.15) is 37.3 Å². The Morgan fingerprint density at radius 3 is 2.69 bits per heavy atom. The molecule has 0 aliphatic rings. The summed E-state index contributed by atoms with van der Waals surface area (Å²) in [5.41, 5.74) is 1.62. The maximum absolute atomic E-state index is 11.5. The quantitative estimate of drug-likeness (QED) is 0.428. The van der Waals surface area contributed by atoms with E-state index in [4.69, 9.17) is 4.74 Å². The van der Waals surface area contributed by atoms with Crippen LogP contribution in [-0.4, -0.2) is 22.8 Å². The first-order valence-corrected chi connectivity index (χ1v) is 7.10. The number of ether oxygens (including phenoxy) is 1. The molecule has 0 amide bonds. The van der Waals surface area contributed by atoms with Gasteiger partial charge in [0.15, 0.2) is 0 Å². The summed E-state index contributed by atoms with van der Waals surface area (Å²) >= 11 is 0. The SMILES string of the molecule is CCCCOC(=O)CC([SiH3])c1ccccc1. The Labute approximate surface area is 100 Å². The molecule has 0 fully saturated rings. The fraction of sp³-hybridized carbons (Fsp3) is 0.462. The van der Waals surface area contributed by atoms with E-state index in [-0.39, 0.29) is 5.97 Å². The average Bonchev–Trinajstić information content (AvgIpc) is 2.30. The fourth-order valence-corrected chi connectivity index (χ4v) is 2.26. The number of rotatable bonds is 6. The number of hydrogen-bond donors (Lipinski definition) is 0. The van der Waals surface area contributed by atoms with E-state index in [9.17, 15) is 4.79 Å². The van der Waals surface area contributed by atoms with Crippen LogP contribution in [0.4, 0.5) is 0 Å². The van der Waals surface area contributed by atoms with Crippen molar-refractivity contribution in [1.29, 1.82) is 0 Å². The fourth-order valence-electron chi connectivity index (χ4n) is 1.54. The first kappa shape index (κ1) is 13.0. The van der Waals surface area contributed by atoms with Crippen LogP contribution in [0.3, 0.4) is 0 Å². The molecule has 1 rings (SSSR count). The molecule has 0 aliphatic heterocycles. The van der Waals surface area contributed by atoms with Crippen LogP contribution in [0.5, 0.6) is 0 Å². The molecule has 0 radical (unpaired) electrons. The maximum Gasteiger partial charge on any atom is 0.306 e. The molecule has 0 spiro atoms. The Morgan fingerprint density at radius 1 is 1.38 bits per heavy atom. The topological polar surface area (TPSA) is 26.3 Å². The van der Waals surface area contributed by atoms with E-state index in [1.165, 1.54) is 5.56 Å². The molecular weight excluding hydrogens is 216 g/mol. The number of hydrogen-bond acceptors (Lipinski definition) is 2.